The van der Waals surface area contributed by atoms with Crippen molar-refractivity contribution in [3.8, 4) is 5.88 Å². The molecule has 0 aliphatic heterocycles. The number of fused-ring (bicyclic) bond motifs is 1. The number of benzene rings is 1. The number of thiazole rings is 1. The topological polar surface area (TPSA) is 149 Å². The number of nitrogens with zero attached hydrogens (tertiary/aromatic N) is 6. The highest BCUT2D eigenvalue weighted by Crippen LogP contribution is 2.33. The third kappa shape index (κ3) is 6.76. The lowest BCUT2D eigenvalue weighted by Gasteiger charge is -2.09. The van der Waals surface area contributed by atoms with E-state index in [4.69, 9.17) is 9.57 Å². The van der Waals surface area contributed by atoms with Gasteiger partial charge in [-0.15, -0.1) is 0 Å². The number of carbonyl (C=O) groups excluding carboxylic acids is 1. The van der Waals surface area contributed by atoms with E-state index in [2.05, 4.69) is 30.4 Å². The molecule has 0 saturated heterocycles. The van der Waals surface area contributed by atoms with Crippen molar-refractivity contribution in [1.82, 2.24) is 24.8 Å². The van der Waals surface area contributed by atoms with Crippen molar-refractivity contribution in [2.45, 2.75) is 29.6 Å². The SMILES string of the molecule is CN(C)CCOc1ccc2nc(NC(=O)C(=NOCc3ncccn3)c3ccc(S(=O)(=O)C4CC4)cc3)sc2n1. The second kappa shape index (κ2) is 12.0. The van der Waals surface area contributed by atoms with Crippen molar-refractivity contribution in [1.29, 1.82) is 0 Å². The van der Waals surface area contributed by atoms with Crippen LogP contribution < -0.4 is 10.1 Å². The summed E-state index contributed by atoms with van der Waals surface area (Å²) in [5, 5.41) is 6.78. The number of nitrogens with one attached hydrogen (secondary N) is 1. The predicted octanol–water partition coefficient (Wildman–Crippen LogP) is 2.92. The summed E-state index contributed by atoms with van der Waals surface area (Å²) in [6.07, 6.45) is 4.47. The summed E-state index contributed by atoms with van der Waals surface area (Å²) in [6, 6.07) is 11.2. The summed E-state index contributed by atoms with van der Waals surface area (Å²) in [4.78, 5) is 38.6. The maximum Gasteiger partial charge on any atom is 0.280 e. The van der Waals surface area contributed by atoms with Crippen molar-refractivity contribution in [3.63, 3.8) is 0 Å². The molecule has 1 aromatic carbocycles. The molecular formula is C26H27N7O5S2. The molecule has 0 spiro atoms. The monoisotopic (exact) mass is 581 g/mol. The van der Waals surface area contributed by atoms with E-state index in [1.165, 1.54) is 35.6 Å². The molecule has 14 heteroatoms. The minimum atomic E-state index is -3.37. The average Bonchev–Trinajstić information content (AvgIpc) is 3.73. The molecule has 1 amide bonds. The Morgan fingerprint density at radius 3 is 2.55 bits per heavy atom. The maximum absolute atomic E-state index is 13.3. The minimum Gasteiger partial charge on any atom is -0.476 e. The zero-order valence-corrected chi connectivity index (χ0v) is 23.5. The Kier molecular flexibility index (Phi) is 8.28. The van der Waals surface area contributed by atoms with Crippen molar-refractivity contribution < 1.29 is 22.8 Å². The number of sulfone groups is 1. The number of anilines is 1. The Bertz CT molecular complexity index is 1620. The first kappa shape index (κ1) is 27.6. The summed E-state index contributed by atoms with van der Waals surface area (Å²) in [6.45, 7) is 1.17. The van der Waals surface area contributed by atoms with Crippen molar-refractivity contribution >= 4 is 48.3 Å². The Morgan fingerprint density at radius 1 is 1.10 bits per heavy atom. The van der Waals surface area contributed by atoms with Crippen molar-refractivity contribution in [2.24, 2.45) is 5.16 Å². The van der Waals surface area contributed by atoms with E-state index in [9.17, 15) is 13.2 Å². The van der Waals surface area contributed by atoms with E-state index < -0.39 is 15.7 Å². The van der Waals surface area contributed by atoms with Gasteiger partial charge >= 0.3 is 0 Å². The van der Waals surface area contributed by atoms with E-state index in [1.807, 2.05) is 19.0 Å². The van der Waals surface area contributed by atoms with E-state index in [0.29, 0.717) is 52.2 Å². The molecule has 40 heavy (non-hydrogen) atoms. The van der Waals surface area contributed by atoms with E-state index >= 15 is 0 Å². The van der Waals surface area contributed by atoms with Crippen LogP contribution in [0.3, 0.4) is 0 Å². The van der Waals surface area contributed by atoms with Crippen LogP contribution in [0.25, 0.3) is 10.3 Å². The van der Waals surface area contributed by atoms with Gasteiger partial charge in [-0.2, -0.15) is 0 Å². The highest BCUT2D eigenvalue weighted by Gasteiger charge is 2.36. The number of aromatic nitrogens is 4. The second-order valence-corrected chi connectivity index (χ2v) is 12.5. The van der Waals surface area contributed by atoms with Crippen LogP contribution in [0, 0.1) is 0 Å². The minimum absolute atomic E-state index is 0.0621. The molecule has 0 atom stereocenters. The van der Waals surface area contributed by atoms with Gasteiger partial charge in [0.2, 0.25) is 5.88 Å². The number of amides is 1. The first-order valence-electron chi connectivity index (χ1n) is 12.5. The lowest BCUT2D eigenvalue weighted by Crippen LogP contribution is -2.24. The zero-order valence-electron chi connectivity index (χ0n) is 21.9. The van der Waals surface area contributed by atoms with Crippen LogP contribution in [0.2, 0.25) is 0 Å². The molecule has 1 N–H and O–H groups in total. The Labute approximate surface area is 235 Å². The Balaban J connectivity index is 1.35. The molecule has 1 fully saturated rings. The zero-order chi connectivity index (χ0) is 28.1. The van der Waals surface area contributed by atoms with Gasteiger partial charge in [-0.3, -0.25) is 10.1 Å². The van der Waals surface area contributed by atoms with Crippen LogP contribution in [-0.2, 0) is 26.1 Å². The van der Waals surface area contributed by atoms with Gasteiger partial charge in [0.15, 0.2) is 33.1 Å². The van der Waals surface area contributed by atoms with Gasteiger partial charge in [0.25, 0.3) is 5.91 Å². The first-order valence-corrected chi connectivity index (χ1v) is 14.8. The molecule has 0 radical (unpaired) electrons. The van der Waals surface area contributed by atoms with Crippen LogP contribution in [0.15, 0.2) is 64.9 Å². The fourth-order valence-corrected chi connectivity index (χ4v) is 6.06. The third-order valence-corrected chi connectivity index (χ3v) is 9.00. The lowest BCUT2D eigenvalue weighted by molar-refractivity contribution is -0.110. The number of oxime groups is 1. The summed E-state index contributed by atoms with van der Waals surface area (Å²) in [7, 11) is 0.543. The normalized spacial score (nSPS) is 13.9. The summed E-state index contributed by atoms with van der Waals surface area (Å²) >= 11 is 1.19. The number of rotatable bonds is 12. The van der Waals surface area contributed by atoms with Crippen molar-refractivity contribution in [2.75, 3.05) is 32.6 Å². The standard InChI is InChI=1S/C26H27N7O5S2/c1-33(2)14-15-37-22-11-10-20-25(30-22)39-26(29-20)31-24(34)23(32-38-16-21-27-12-3-13-28-21)17-4-6-18(7-5-17)40(35,36)19-8-9-19/h3-7,10-13,19H,8-9,14-16H2,1-2H3,(H,29,31,34). The van der Waals surface area contributed by atoms with Crippen LogP contribution in [-0.4, -0.2) is 77.4 Å². The molecule has 1 aliphatic rings. The van der Waals surface area contributed by atoms with Crippen LogP contribution in [0.4, 0.5) is 5.13 Å². The van der Waals surface area contributed by atoms with Gasteiger partial charge in [0.05, 0.1) is 10.1 Å². The second-order valence-electron chi connectivity index (χ2n) is 9.25. The molecule has 3 aromatic heterocycles. The van der Waals surface area contributed by atoms with Gasteiger partial charge in [-0.05, 0) is 51.2 Å². The maximum atomic E-state index is 13.3. The van der Waals surface area contributed by atoms with Crippen molar-refractivity contribution in [3.05, 3.63) is 66.2 Å². The Hall–Kier alpha value is -4.01. The fourth-order valence-electron chi connectivity index (χ4n) is 3.58. The number of likely N-dealkylation sites (N-methyl/N-ethyl adjacent to an activating group) is 1. The van der Waals surface area contributed by atoms with Crippen LogP contribution >= 0.6 is 11.3 Å². The van der Waals surface area contributed by atoms with Gasteiger partial charge in [-0.25, -0.2) is 28.4 Å². The van der Waals surface area contributed by atoms with Crippen LogP contribution in [0.1, 0.15) is 24.2 Å². The number of hydrogen-bond donors (Lipinski definition) is 1. The molecule has 0 unspecified atom stereocenters. The predicted molar refractivity (Wildman–Crippen MR) is 150 cm³/mol. The van der Waals surface area contributed by atoms with E-state index in [0.717, 1.165) is 6.54 Å². The molecule has 5 rings (SSSR count). The van der Waals surface area contributed by atoms with Crippen LogP contribution in [0.5, 0.6) is 5.88 Å². The number of carbonyl (C=O) groups is 1. The van der Waals surface area contributed by atoms with Gasteiger partial charge in [-0.1, -0.05) is 28.6 Å². The Morgan fingerprint density at radius 2 is 1.85 bits per heavy atom. The number of pyridine rings is 1. The quantitative estimate of drug-likeness (QED) is 0.195. The van der Waals surface area contributed by atoms with Gasteiger partial charge in [0, 0.05) is 30.6 Å². The lowest BCUT2D eigenvalue weighted by atomic mass is 10.1. The van der Waals surface area contributed by atoms with E-state index in [-0.39, 0.29) is 22.5 Å². The molecule has 0 bridgehead atoms. The first-order chi connectivity index (χ1) is 19.3. The molecule has 208 valence electrons. The number of hydrogen-bond acceptors (Lipinski definition) is 12. The molecular weight excluding hydrogens is 554 g/mol. The molecule has 1 saturated carbocycles. The summed E-state index contributed by atoms with van der Waals surface area (Å²) < 4.78 is 30.9. The summed E-state index contributed by atoms with van der Waals surface area (Å²) in [5.74, 6) is 0.266. The molecule has 3 heterocycles. The summed E-state index contributed by atoms with van der Waals surface area (Å²) in [5.41, 5.74) is 0.911. The molecule has 12 nitrogen and oxygen atoms in total. The molecule has 4 aromatic rings. The fraction of sp³-hybridized carbons (Fsp3) is 0.308. The van der Waals surface area contributed by atoms with Gasteiger partial charge < -0.3 is 14.5 Å². The highest BCUT2D eigenvalue weighted by atomic mass is 32.2. The highest BCUT2D eigenvalue weighted by molar-refractivity contribution is 7.92. The van der Waals surface area contributed by atoms with E-state index in [1.54, 1.807) is 30.6 Å². The van der Waals surface area contributed by atoms with Gasteiger partial charge in [0.1, 0.15) is 17.0 Å². The average molecular weight is 582 g/mol. The third-order valence-electron chi connectivity index (χ3n) is 5.84. The largest absolute Gasteiger partial charge is 0.476 e. The number of ether oxygens (including phenoxy) is 1. The molecule has 1 aliphatic carbocycles. The smallest absolute Gasteiger partial charge is 0.280 e.